The first-order chi connectivity index (χ1) is 7.73. The Morgan fingerprint density at radius 2 is 1.94 bits per heavy atom. The Balaban J connectivity index is 2.81. The van der Waals surface area contributed by atoms with E-state index in [2.05, 4.69) is 39.6 Å². The number of aromatic hydroxyl groups is 1. The molecule has 2 nitrogen and oxygen atoms in total. The molecular formula is C14H22ClNO. The maximum absolute atomic E-state index is 9.87. The summed E-state index contributed by atoms with van der Waals surface area (Å²) in [6.45, 7) is 9.54. The van der Waals surface area contributed by atoms with E-state index in [1.807, 2.05) is 12.1 Å². The minimum absolute atomic E-state index is 0.196. The second-order valence-electron chi connectivity index (χ2n) is 5.70. The number of hydrogen-bond acceptors (Lipinski definition) is 2. The van der Waals surface area contributed by atoms with Crippen molar-refractivity contribution in [3.05, 3.63) is 28.8 Å². The lowest BCUT2D eigenvalue weighted by Crippen LogP contribution is -2.38. The van der Waals surface area contributed by atoms with Gasteiger partial charge in [-0.3, -0.25) is 4.90 Å². The Hall–Kier alpha value is -0.730. The van der Waals surface area contributed by atoms with Gasteiger partial charge in [0.1, 0.15) is 5.75 Å². The van der Waals surface area contributed by atoms with Crippen LogP contribution in [0.25, 0.3) is 0 Å². The van der Waals surface area contributed by atoms with Crippen LogP contribution in [0.4, 0.5) is 0 Å². The van der Waals surface area contributed by atoms with Crippen LogP contribution in [-0.2, 0) is 6.54 Å². The molecule has 1 rings (SSSR count). The Bertz CT molecular complexity index is 384. The predicted molar refractivity (Wildman–Crippen MR) is 73.5 cm³/mol. The van der Waals surface area contributed by atoms with Crippen molar-refractivity contribution < 1.29 is 5.11 Å². The number of hydrogen-bond donors (Lipinski definition) is 1. The monoisotopic (exact) mass is 255 g/mol. The molecule has 1 aromatic rings. The van der Waals surface area contributed by atoms with Crippen LogP contribution in [0.2, 0.25) is 5.02 Å². The highest BCUT2D eigenvalue weighted by atomic mass is 35.5. The van der Waals surface area contributed by atoms with E-state index in [0.29, 0.717) is 17.6 Å². The zero-order chi connectivity index (χ0) is 13.2. The molecule has 0 aromatic heterocycles. The fourth-order valence-electron chi connectivity index (χ4n) is 1.75. The van der Waals surface area contributed by atoms with E-state index in [9.17, 15) is 5.11 Å². The summed E-state index contributed by atoms with van der Waals surface area (Å²) in [7, 11) is 2.07. The molecule has 1 atom stereocenters. The van der Waals surface area contributed by atoms with Crippen molar-refractivity contribution >= 4 is 11.6 Å². The summed E-state index contributed by atoms with van der Waals surface area (Å²) in [5, 5.41) is 10.3. The van der Waals surface area contributed by atoms with Gasteiger partial charge in [-0.25, -0.2) is 0 Å². The van der Waals surface area contributed by atoms with Crippen LogP contribution in [0.5, 0.6) is 5.75 Å². The lowest BCUT2D eigenvalue weighted by atomic mass is 9.87. The maximum Gasteiger partial charge on any atom is 0.138 e. The van der Waals surface area contributed by atoms with Gasteiger partial charge in [0.15, 0.2) is 0 Å². The fourth-order valence-corrected chi connectivity index (χ4v) is 1.95. The number of phenols is 1. The normalized spacial score (nSPS) is 14.1. The molecule has 1 N–H and O–H groups in total. The standard InChI is InChI=1S/C14H22ClNO/c1-10(14(2,3)4)16(5)9-11-7-6-8-12(15)13(11)17/h6-8,10,17H,9H2,1-5H3. The Kier molecular flexibility index (Phi) is 4.45. The van der Waals surface area contributed by atoms with Crippen LogP contribution in [0.3, 0.4) is 0 Å². The number of phenolic OH excluding ortho intramolecular Hbond substituents is 1. The Morgan fingerprint density at radius 1 is 1.35 bits per heavy atom. The molecule has 0 aliphatic rings. The van der Waals surface area contributed by atoms with Gasteiger partial charge in [-0.2, -0.15) is 0 Å². The minimum Gasteiger partial charge on any atom is -0.506 e. The summed E-state index contributed by atoms with van der Waals surface area (Å²) < 4.78 is 0. The average Bonchev–Trinajstić information content (AvgIpc) is 2.22. The molecule has 0 amide bonds. The van der Waals surface area contributed by atoms with Crippen molar-refractivity contribution in [1.29, 1.82) is 0 Å². The number of nitrogens with zero attached hydrogens (tertiary/aromatic N) is 1. The molecule has 0 fully saturated rings. The van der Waals surface area contributed by atoms with E-state index in [4.69, 9.17) is 11.6 Å². The van der Waals surface area contributed by atoms with Gasteiger partial charge in [-0.1, -0.05) is 44.5 Å². The second kappa shape index (κ2) is 5.28. The molecule has 3 heteroatoms. The molecule has 0 radical (unpaired) electrons. The van der Waals surface area contributed by atoms with Crippen molar-refractivity contribution in [2.45, 2.75) is 40.3 Å². The first kappa shape index (κ1) is 14.3. The minimum atomic E-state index is 0.196. The highest BCUT2D eigenvalue weighted by Gasteiger charge is 2.24. The van der Waals surface area contributed by atoms with Crippen molar-refractivity contribution in [3.8, 4) is 5.75 Å². The van der Waals surface area contributed by atoms with Crippen molar-refractivity contribution in [2.75, 3.05) is 7.05 Å². The van der Waals surface area contributed by atoms with Gasteiger partial charge in [0.05, 0.1) is 5.02 Å². The molecule has 17 heavy (non-hydrogen) atoms. The molecule has 0 aliphatic carbocycles. The third-order valence-electron chi connectivity index (χ3n) is 3.40. The number of rotatable bonds is 3. The molecule has 1 unspecified atom stereocenters. The summed E-state index contributed by atoms with van der Waals surface area (Å²) in [5.74, 6) is 0.196. The lowest BCUT2D eigenvalue weighted by Gasteiger charge is -2.35. The average molecular weight is 256 g/mol. The Labute approximate surface area is 109 Å². The topological polar surface area (TPSA) is 23.5 Å². The number of halogens is 1. The van der Waals surface area contributed by atoms with Crippen LogP contribution < -0.4 is 0 Å². The van der Waals surface area contributed by atoms with Crippen LogP contribution in [0, 0.1) is 5.41 Å². The Morgan fingerprint density at radius 3 is 2.47 bits per heavy atom. The van der Waals surface area contributed by atoms with E-state index in [-0.39, 0.29) is 11.2 Å². The maximum atomic E-state index is 9.87. The summed E-state index contributed by atoms with van der Waals surface area (Å²) in [5.41, 5.74) is 1.08. The third-order valence-corrected chi connectivity index (χ3v) is 3.71. The van der Waals surface area contributed by atoms with Gasteiger partial charge < -0.3 is 5.11 Å². The van der Waals surface area contributed by atoms with Crippen LogP contribution >= 0.6 is 11.6 Å². The summed E-state index contributed by atoms with van der Waals surface area (Å²) >= 11 is 5.90. The lowest BCUT2D eigenvalue weighted by molar-refractivity contribution is 0.133. The van der Waals surface area contributed by atoms with Gasteiger partial charge in [0.25, 0.3) is 0 Å². The van der Waals surface area contributed by atoms with Crippen molar-refractivity contribution in [3.63, 3.8) is 0 Å². The zero-order valence-electron chi connectivity index (χ0n) is 11.3. The molecule has 0 saturated heterocycles. The van der Waals surface area contributed by atoms with E-state index in [1.54, 1.807) is 6.07 Å². The van der Waals surface area contributed by atoms with Gasteiger partial charge in [-0.05, 0) is 25.5 Å². The molecule has 0 saturated carbocycles. The summed E-state index contributed by atoms with van der Waals surface area (Å²) in [6, 6.07) is 5.90. The van der Waals surface area contributed by atoms with Gasteiger partial charge >= 0.3 is 0 Å². The van der Waals surface area contributed by atoms with Gasteiger partial charge in [0, 0.05) is 18.2 Å². The molecule has 0 bridgehead atoms. The van der Waals surface area contributed by atoms with Crippen LogP contribution in [0.15, 0.2) is 18.2 Å². The summed E-state index contributed by atoms with van der Waals surface area (Å²) in [4.78, 5) is 2.23. The van der Waals surface area contributed by atoms with Crippen LogP contribution in [0.1, 0.15) is 33.3 Å². The van der Waals surface area contributed by atoms with Crippen LogP contribution in [-0.4, -0.2) is 23.1 Å². The van der Waals surface area contributed by atoms with E-state index in [0.717, 1.165) is 5.56 Å². The molecule has 0 aliphatic heterocycles. The second-order valence-corrected chi connectivity index (χ2v) is 6.11. The highest BCUT2D eigenvalue weighted by molar-refractivity contribution is 6.32. The van der Waals surface area contributed by atoms with E-state index < -0.39 is 0 Å². The van der Waals surface area contributed by atoms with Crippen molar-refractivity contribution in [2.24, 2.45) is 5.41 Å². The number of benzene rings is 1. The van der Waals surface area contributed by atoms with E-state index >= 15 is 0 Å². The van der Waals surface area contributed by atoms with E-state index in [1.165, 1.54) is 0 Å². The predicted octanol–water partition coefficient (Wildman–Crippen LogP) is 3.91. The quantitative estimate of drug-likeness (QED) is 0.885. The summed E-state index contributed by atoms with van der Waals surface area (Å²) in [6.07, 6.45) is 0. The smallest absolute Gasteiger partial charge is 0.138 e. The number of para-hydroxylation sites is 1. The van der Waals surface area contributed by atoms with Gasteiger partial charge in [0.2, 0.25) is 0 Å². The fraction of sp³-hybridized carbons (Fsp3) is 0.571. The molecule has 1 aromatic carbocycles. The van der Waals surface area contributed by atoms with Crippen molar-refractivity contribution in [1.82, 2.24) is 4.90 Å². The molecule has 0 spiro atoms. The molecule has 96 valence electrons. The molecular weight excluding hydrogens is 234 g/mol. The zero-order valence-corrected chi connectivity index (χ0v) is 12.0. The first-order valence-corrected chi connectivity index (χ1v) is 6.28. The largest absolute Gasteiger partial charge is 0.506 e. The highest BCUT2D eigenvalue weighted by Crippen LogP contribution is 2.30. The molecule has 0 heterocycles. The first-order valence-electron chi connectivity index (χ1n) is 5.90. The van der Waals surface area contributed by atoms with Gasteiger partial charge in [-0.15, -0.1) is 0 Å². The SMILES string of the molecule is CC(N(C)Cc1cccc(Cl)c1O)C(C)(C)C. The third kappa shape index (κ3) is 3.62.